The number of rotatable bonds is 4. The van der Waals surface area contributed by atoms with Gasteiger partial charge in [-0.2, -0.15) is 0 Å². The molecule has 2 rings (SSSR count). The fourth-order valence-electron chi connectivity index (χ4n) is 1.40. The molecule has 0 fully saturated rings. The largest absolute Gasteiger partial charge is 0.486 e. The Morgan fingerprint density at radius 2 is 2.25 bits per heavy atom. The Balaban J connectivity index is 2.16. The Morgan fingerprint density at radius 3 is 3.06 bits per heavy atom. The van der Waals surface area contributed by atoms with E-state index in [-0.39, 0.29) is 12.4 Å². The van der Waals surface area contributed by atoms with Crippen molar-refractivity contribution in [3.05, 3.63) is 36.5 Å². The minimum Gasteiger partial charge on any atom is -0.486 e. The molecule has 1 heterocycles. The van der Waals surface area contributed by atoms with Gasteiger partial charge in [-0.1, -0.05) is 13.0 Å². The van der Waals surface area contributed by atoms with E-state index in [1.807, 2.05) is 37.3 Å². The molecule has 0 amide bonds. The molecule has 0 aliphatic carbocycles. The number of Topliss-reactive ketones (excluding diaryl/α,β-unsaturated/α-hetero) is 1. The summed E-state index contributed by atoms with van der Waals surface area (Å²) in [6, 6.07) is 9.52. The van der Waals surface area contributed by atoms with Gasteiger partial charge in [-0.05, 0) is 18.2 Å². The molecular formula is C13H13NO2. The number of carbonyl (C=O) groups is 1. The van der Waals surface area contributed by atoms with Gasteiger partial charge in [-0.3, -0.25) is 9.78 Å². The summed E-state index contributed by atoms with van der Waals surface area (Å²) in [5.41, 5.74) is 0.879. The molecule has 1 aromatic heterocycles. The van der Waals surface area contributed by atoms with Crippen LogP contribution in [0.25, 0.3) is 10.9 Å². The molecule has 3 heteroatoms. The highest BCUT2D eigenvalue weighted by Gasteiger charge is 2.01. The molecule has 0 bridgehead atoms. The van der Waals surface area contributed by atoms with E-state index in [0.29, 0.717) is 12.2 Å². The van der Waals surface area contributed by atoms with E-state index in [1.54, 1.807) is 6.20 Å². The second-order valence-electron chi connectivity index (χ2n) is 3.54. The van der Waals surface area contributed by atoms with Crippen LogP contribution in [0.3, 0.4) is 0 Å². The van der Waals surface area contributed by atoms with Gasteiger partial charge in [0.15, 0.2) is 5.78 Å². The first-order valence-electron chi connectivity index (χ1n) is 5.29. The molecule has 0 unspecified atom stereocenters. The molecule has 0 radical (unpaired) electrons. The van der Waals surface area contributed by atoms with Gasteiger partial charge < -0.3 is 4.74 Å². The van der Waals surface area contributed by atoms with Crippen LogP contribution in [0.15, 0.2) is 36.5 Å². The van der Waals surface area contributed by atoms with E-state index < -0.39 is 0 Å². The zero-order chi connectivity index (χ0) is 11.4. The Bertz CT molecular complexity index is 508. The van der Waals surface area contributed by atoms with Gasteiger partial charge in [0.05, 0.1) is 5.52 Å². The summed E-state index contributed by atoms with van der Waals surface area (Å²) < 4.78 is 5.38. The number of hydrogen-bond acceptors (Lipinski definition) is 3. The van der Waals surface area contributed by atoms with Crippen LogP contribution < -0.4 is 4.74 Å². The third-order valence-electron chi connectivity index (χ3n) is 2.37. The van der Waals surface area contributed by atoms with Crippen molar-refractivity contribution in [1.29, 1.82) is 0 Å². The van der Waals surface area contributed by atoms with Gasteiger partial charge in [-0.25, -0.2) is 0 Å². The molecule has 0 saturated heterocycles. The summed E-state index contributed by atoms with van der Waals surface area (Å²) in [5, 5.41) is 1.07. The predicted molar refractivity (Wildman–Crippen MR) is 62.5 cm³/mol. The van der Waals surface area contributed by atoms with E-state index in [0.717, 1.165) is 10.9 Å². The second-order valence-corrected chi connectivity index (χ2v) is 3.54. The minimum atomic E-state index is 0.0983. The lowest BCUT2D eigenvalue weighted by atomic mass is 10.2. The van der Waals surface area contributed by atoms with E-state index in [4.69, 9.17) is 4.74 Å². The van der Waals surface area contributed by atoms with Crippen LogP contribution >= 0.6 is 0 Å². The number of benzene rings is 1. The first-order valence-corrected chi connectivity index (χ1v) is 5.29. The highest BCUT2D eigenvalue weighted by molar-refractivity contribution is 5.81. The fraction of sp³-hybridized carbons (Fsp3) is 0.231. The normalized spacial score (nSPS) is 10.3. The lowest BCUT2D eigenvalue weighted by Gasteiger charge is -2.05. The maximum absolute atomic E-state index is 11.1. The number of fused-ring (bicyclic) bond motifs is 1. The van der Waals surface area contributed by atoms with Crippen LogP contribution in [0.5, 0.6) is 5.75 Å². The van der Waals surface area contributed by atoms with Crippen molar-refractivity contribution >= 4 is 16.7 Å². The molecule has 0 atom stereocenters. The number of ether oxygens (including phenoxy) is 1. The Labute approximate surface area is 94.1 Å². The van der Waals surface area contributed by atoms with Crippen molar-refractivity contribution in [3.8, 4) is 5.75 Å². The zero-order valence-corrected chi connectivity index (χ0v) is 9.14. The van der Waals surface area contributed by atoms with Gasteiger partial charge in [-0.15, -0.1) is 0 Å². The predicted octanol–water partition coefficient (Wildman–Crippen LogP) is 2.59. The van der Waals surface area contributed by atoms with Crippen LogP contribution in [0, 0.1) is 0 Å². The summed E-state index contributed by atoms with van der Waals surface area (Å²) in [4.78, 5) is 15.3. The lowest BCUT2D eigenvalue weighted by Crippen LogP contribution is -2.09. The molecule has 3 nitrogen and oxygen atoms in total. The quantitative estimate of drug-likeness (QED) is 0.786. The highest BCUT2D eigenvalue weighted by Crippen LogP contribution is 2.18. The first kappa shape index (κ1) is 10.6. The minimum absolute atomic E-state index is 0.0983. The third-order valence-corrected chi connectivity index (χ3v) is 2.37. The summed E-state index contributed by atoms with van der Waals surface area (Å²) in [5.74, 6) is 0.786. The molecule has 82 valence electrons. The molecular weight excluding hydrogens is 202 g/mol. The molecule has 16 heavy (non-hydrogen) atoms. The number of carbonyl (C=O) groups excluding carboxylic acids is 1. The lowest BCUT2D eigenvalue weighted by molar-refractivity contribution is -0.120. The molecule has 0 spiro atoms. The summed E-state index contributed by atoms with van der Waals surface area (Å²) in [6.45, 7) is 1.96. The smallest absolute Gasteiger partial charge is 0.169 e. The highest BCUT2D eigenvalue weighted by atomic mass is 16.5. The molecule has 0 N–H and O–H groups in total. The van der Waals surface area contributed by atoms with Gasteiger partial charge in [0.1, 0.15) is 12.4 Å². The van der Waals surface area contributed by atoms with E-state index in [9.17, 15) is 4.79 Å². The number of hydrogen-bond donors (Lipinski definition) is 0. The number of nitrogens with zero attached hydrogens (tertiary/aromatic N) is 1. The second kappa shape index (κ2) is 4.75. The molecule has 2 aromatic rings. The van der Waals surface area contributed by atoms with E-state index >= 15 is 0 Å². The number of aromatic nitrogens is 1. The maximum atomic E-state index is 11.1. The molecule has 0 aliphatic heterocycles. The van der Waals surface area contributed by atoms with Gasteiger partial charge in [0.2, 0.25) is 0 Å². The van der Waals surface area contributed by atoms with Crippen molar-refractivity contribution in [1.82, 2.24) is 4.98 Å². The van der Waals surface area contributed by atoms with Crippen LogP contribution in [0.1, 0.15) is 13.3 Å². The van der Waals surface area contributed by atoms with Gasteiger partial charge >= 0.3 is 0 Å². The van der Waals surface area contributed by atoms with Crippen molar-refractivity contribution in [2.75, 3.05) is 6.61 Å². The average Bonchev–Trinajstić information content (AvgIpc) is 2.35. The fourth-order valence-corrected chi connectivity index (χ4v) is 1.40. The van der Waals surface area contributed by atoms with Crippen molar-refractivity contribution in [2.45, 2.75) is 13.3 Å². The first-order chi connectivity index (χ1) is 7.79. The van der Waals surface area contributed by atoms with E-state index in [2.05, 4.69) is 4.98 Å². The van der Waals surface area contributed by atoms with Gasteiger partial charge in [0.25, 0.3) is 0 Å². The van der Waals surface area contributed by atoms with Crippen LogP contribution in [-0.4, -0.2) is 17.4 Å². The van der Waals surface area contributed by atoms with Crippen molar-refractivity contribution in [2.24, 2.45) is 0 Å². The zero-order valence-electron chi connectivity index (χ0n) is 9.14. The van der Waals surface area contributed by atoms with Crippen molar-refractivity contribution in [3.63, 3.8) is 0 Å². The van der Waals surface area contributed by atoms with Crippen LogP contribution in [0.2, 0.25) is 0 Å². The van der Waals surface area contributed by atoms with Crippen LogP contribution in [0.4, 0.5) is 0 Å². The van der Waals surface area contributed by atoms with Gasteiger partial charge in [0, 0.05) is 24.1 Å². The monoisotopic (exact) mass is 215 g/mol. The standard InChI is InChI=1S/C13H13NO2/c1-2-11(15)9-16-12-6-5-10-4-3-7-14-13(10)8-12/h3-8H,2,9H2,1H3. The topological polar surface area (TPSA) is 39.2 Å². The summed E-state index contributed by atoms with van der Waals surface area (Å²) in [6.07, 6.45) is 2.25. The van der Waals surface area contributed by atoms with Crippen LogP contribution in [-0.2, 0) is 4.79 Å². The Morgan fingerprint density at radius 1 is 1.38 bits per heavy atom. The molecule has 1 aromatic carbocycles. The summed E-state index contributed by atoms with van der Waals surface area (Å²) in [7, 11) is 0. The molecule has 0 aliphatic rings. The SMILES string of the molecule is CCC(=O)COc1ccc2cccnc2c1. The average molecular weight is 215 g/mol. The van der Waals surface area contributed by atoms with Crippen molar-refractivity contribution < 1.29 is 9.53 Å². The molecule has 0 saturated carbocycles. The Hall–Kier alpha value is -1.90. The van der Waals surface area contributed by atoms with E-state index in [1.165, 1.54) is 0 Å². The number of pyridine rings is 1. The maximum Gasteiger partial charge on any atom is 0.169 e. The Kier molecular flexibility index (Phi) is 3.15. The number of ketones is 1. The summed E-state index contributed by atoms with van der Waals surface area (Å²) >= 11 is 0. The third kappa shape index (κ3) is 2.37.